The Morgan fingerprint density at radius 1 is 1.46 bits per heavy atom. The zero-order chi connectivity index (χ0) is 17.7. The largest absolute Gasteiger partial charge is 0.442 e. The molecule has 132 valence electrons. The monoisotopic (exact) mass is 345 g/mol. The summed E-state index contributed by atoms with van der Waals surface area (Å²) in [4.78, 5) is 10.9. The molecule has 0 saturated heterocycles. The van der Waals surface area contributed by atoms with Crippen LogP contribution >= 0.6 is 0 Å². The van der Waals surface area contributed by atoms with E-state index in [2.05, 4.69) is 15.8 Å². The molecule has 0 aliphatic carbocycles. The number of carbonyl (C=O) groups excluding carboxylic acids is 1. The molecule has 9 heteroatoms. The van der Waals surface area contributed by atoms with Crippen molar-refractivity contribution in [3.63, 3.8) is 0 Å². The number of benzene rings is 1. The molecule has 1 atom stereocenters. The summed E-state index contributed by atoms with van der Waals surface area (Å²) in [5.41, 5.74) is 1.66. The molecule has 1 aromatic rings. The Kier molecular flexibility index (Phi) is 5.66. The van der Waals surface area contributed by atoms with Gasteiger partial charge in [-0.25, -0.2) is 10.2 Å². The van der Waals surface area contributed by atoms with Gasteiger partial charge in [-0.2, -0.15) is 18.3 Å². The smallest absolute Gasteiger partial charge is 0.428 e. The molecular formula is C15H18F3N3O3. The zero-order valence-corrected chi connectivity index (χ0v) is 13.2. The lowest BCUT2D eigenvalue weighted by atomic mass is 10.0. The first kappa shape index (κ1) is 18.1. The van der Waals surface area contributed by atoms with Gasteiger partial charge < -0.3 is 14.8 Å². The number of hydrazone groups is 1. The van der Waals surface area contributed by atoms with Crippen LogP contribution in [0.3, 0.4) is 0 Å². The molecule has 0 radical (unpaired) electrons. The number of ether oxygens (including phenoxy) is 2. The summed E-state index contributed by atoms with van der Waals surface area (Å²) in [6.07, 6.45) is -4.78. The lowest BCUT2D eigenvalue weighted by molar-refractivity contribution is -0.137. The van der Waals surface area contributed by atoms with Crippen molar-refractivity contribution in [2.24, 2.45) is 5.10 Å². The van der Waals surface area contributed by atoms with Gasteiger partial charge in [-0.3, -0.25) is 0 Å². The molecular weight excluding hydrogens is 327 g/mol. The number of hydrogen-bond acceptors (Lipinski definition) is 5. The third-order valence-electron chi connectivity index (χ3n) is 3.59. The second-order valence-electron chi connectivity index (χ2n) is 5.15. The average Bonchev–Trinajstić information content (AvgIpc) is 2.56. The number of nitrogens with zero attached hydrogens (tertiary/aromatic N) is 1. The van der Waals surface area contributed by atoms with Crippen LogP contribution < -0.4 is 10.7 Å². The van der Waals surface area contributed by atoms with E-state index in [0.717, 1.165) is 6.07 Å². The van der Waals surface area contributed by atoms with Crippen molar-refractivity contribution in [3.8, 4) is 0 Å². The number of anilines is 1. The van der Waals surface area contributed by atoms with E-state index >= 15 is 0 Å². The number of rotatable bonds is 6. The number of halogens is 3. The van der Waals surface area contributed by atoms with Crippen molar-refractivity contribution < 1.29 is 27.4 Å². The van der Waals surface area contributed by atoms with Gasteiger partial charge in [0.2, 0.25) is 0 Å². The van der Waals surface area contributed by atoms with E-state index in [1.54, 1.807) is 0 Å². The van der Waals surface area contributed by atoms with Crippen LogP contribution in [0.4, 0.5) is 23.7 Å². The van der Waals surface area contributed by atoms with E-state index in [1.807, 2.05) is 6.92 Å². The molecule has 1 aromatic carbocycles. The summed E-state index contributed by atoms with van der Waals surface area (Å²) in [5, 5.41) is 6.49. The molecule has 0 spiro atoms. The Bertz CT molecular complexity index is 628. The number of hydrogen-bond donors (Lipinski definition) is 2. The topological polar surface area (TPSA) is 72.0 Å². The van der Waals surface area contributed by atoms with Gasteiger partial charge in [0, 0.05) is 24.9 Å². The lowest BCUT2D eigenvalue weighted by Crippen LogP contribution is -2.31. The van der Waals surface area contributed by atoms with Crippen molar-refractivity contribution >= 4 is 17.5 Å². The Morgan fingerprint density at radius 2 is 2.21 bits per heavy atom. The first-order valence-electron chi connectivity index (χ1n) is 7.32. The number of amides is 1. The van der Waals surface area contributed by atoms with Gasteiger partial charge in [0.1, 0.15) is 12.3 Å². The average molecular weight is 345 g/mol. The Labute approximate surface area is 137 Å². The van der Waals surface area contributed by atoms with Gasteiger partial charge in [0.05, 0.1) is 11.7 Å². The van der Waals surface area contributed by atoms with Crippen LogP contribution in [-0.4, -0.2) is 38.2 Å². The minimum atomic E-state index is -4.54. The summed E-state index contributed by atoms with van der Waals surface area (Å²) in [7, 11) is 1.51. The molecule has 0 bridgehead atoms. The number of methoxy groups -OCH3 is 1. The maximum Gasteiger partial charge on any atom is 0.428 e. The summed E-state index contributed by atoms with van der Waals surface area (Å²) >= 11 is 0. The molecule has 2 rings (SSSR count). The molecule has 1 heterocycles. The molecule has 24 heavy (non-hydrogen) atoms. The summed E-state index contributed by atoms with van der Waals surface area (Å²) in [6.45, 7) is 1.96. The Hall–Kier alpha value is -2.29. The summed E-state index contributed by atoms with van der Waals surface area (Å²) in [6, 6.07) is 3.81. The van der Waals surface area contributed by atoms with E-state index in [1.165, 1.54) is 19.2 Å². The van der Waals surface area contributed by atoms with Gasteiger partial charge in [-0.05, 0) is 18.6 Å². The van der Waals surface area contributed by atoms with Gasteiger partial charge in [0.15, 0.2) is 0 Å². The van der Waals surface area contributed by atoms with Crippen molar-refractivity contribution in [3.05, 3.63) is 29.3 Å². The number of alkyl halides is 3. The van der Waals surface area contributed by atoms with E-state index in [4.69, 9.17) is 9.47 Å². The van der Waals surface area contributed by atoms with Gasteiger partial charge in [-0.15, -0.1) is 0 Å². The standard InChI is InChI=1S/C15H18F3N3O3/c1-3-10(23-2)7-19-12-5-4-9(6-11(12)15(16,17)18)13-8-24-14(22)21-20-13/h4-6,10,19H,3,7-8H2,1-2H3,(H,21,22). The molecule has 1 unspecified atom stereocenters. The Morgan fingerprint density at radius 3 is 2.75 bits per heavy atom. The van der Waals surface area contributed by atoms with Crippen molar-refractivity contribution in [1.82, 2.24) is 5.43 Å². The normalized spacial score (nSPS) is 16.0. The minimum Gasteiger partial charge on any atom is -0.442 e. The summed E-state index contributed by atoms with van der Waals surface area (Å²) in [5.74, 6) is 0. The fourth-order valence-corrected chi connectivity index (χ4v) is 2.19. The maximum absolute atomic E-state index is 13.3. The fraction of sp³-hybridized carbons (Fsp3) is 0.467. The fourth-order valence-electron chi connectivity index (χ4n) is 2.19. The van der Waals surface area contributed by atoms with Crippen molar-refractivity contribution in [2.45, 2.75) is 25.6 Å². The van der Waals surface area contributed by atoms with Crippen LogP contribution in [0.1, 0.15) is 24.5 Å². The SMILES string of the molecule is CCC(CNc1ccc(C2=NNC(=O)OC2)cc1C(F)(F)F)OC. The highest BCUT2D eigenvalue weighted by Crippen LogP contribution is 2.35. The van der Waals surface area contributed by atoms with Gasteiger partial charge in [0.25, 0.3) is 0 Å². The second-order valence-corrected chi connectivity index (χ2v) is 5.15. The highest BCUT2D eigenvalue weighted by molar-refractivity contribution is 6.04. The van der Waals surface area contributed by atoms with E-state index in [-0.39, 0.29) is 36.2 Å². The van der Waals surface area contributed by atoms with E-state index in [0.29, 0.717) is 6.42 Å². The molecule has 1 aliphatic rings. The first-order valence-corrected chi connectivity index (χ1v) is 7.32. The number of cyclic esters (lactones) is 1. The molecule has 0 fully saturated rings. The molecule has 1 aliphatic heterocycles. The molecule has 2 N–H and O–H groups in total. The Balaban J connectivity index is 2.27. The van der Waals surface area contributed by atoms with Crippen molar-refractivity contribution in [1.29, 1.82) is 0 Å². The van der Waals surface area contributed by atoms with Crippen LogP contribution in [0.5, 0.6) is 0 Å². The third-order valence-corrected chi connectivity index (χ3v) is 3.59. The van der Waals surface area contributed by atoms with Crippen LogP contribution in [0.15, 0.2) is 23.3 Å². The molecule has 6 nitrogen and oxygen atoms in total. The zero-order valence-electron chi connectivity index (χ0n) is 13.2. The number of carbonyl (C=O) groups is 1. The summed E-state index contributed by atoms with van der Waals surface area (Å²) < 4.78 is 49.9. The highest BCUT2D eigenvalue weighted by Gasteiger charge is 2.34. The van der Waals surface area contributed by atoms with Crippen LogP contribution in [-0.2, 0) is 15.7 Å². The quantitative estimate of drug-likeness (QED) is 0.831. The second kappa shape index (κ2) is 7.52. The van der Waals surface area contributed by atoms with Crippen LogP contribution in [0.2, 0.25) is 0 Å². The van der Waals surface area contributed by atoms with Crippen LogP contribution in [0, 0.1) is 0 Å². The molecule has 0 saturated carbocycles. The third kappa shape index (κ3) is 4.38. The van der Waals surface area contributed by atoms with Crippen LogP contribution in [0.25, 0.3) is 0 Å². The lowest BCUT2D eigenvalue weighted by Gasteiger charge is -2.20. The first-order chi connectivity index (χ1) is 11.3. The molecule has 0 aromatic heterocycles. The van der Waals surface area contributed by atoms with Gasteiger partial charge in [-0.1, -0.05) is 13.0 Å². The predicted molar refractivity (Wildman–Crippen MR) is 82.0 cm³/mol. The predicted octanol–water partition coefficient (Wildman–Crippen LogP) is 2.99. The van der Waals surface area contributed by atoms with E-state index < -0.39 is 17.8 Å². The number of nitrogens with one attached hydrogen (secondary N) is 2. The maximum atomic E-state index is 13.3. The van der Waals surface area contributed by atoms with E-state index in [9.17, 15) is 18.0 Å². The highest BCUT2D eigenvalue weighted by atomic mass is 19.4. The van der Waals surface area contributed by atoms with Crippen molar-refractivity contribution in [2.75, 3.05) is 25.6 Å². The van der Waals surface area contributed by atoms with Gasteiger partial charge >= 0.3 is 12.3 Å². The minimum absolute atomic E-state index is 0.0388. The molecule has 1 amide bonds.